The summed E-state index contributed by atoms with van der Waals surface area (Å²) >= 11 is 0. The van der Waals surface area contributed by atoms with E-state index in [0.29, 0.717) is 17.9 Å². The Morgan fingerprint density at radius 1 is 1.07 bits per heavy atom. The van der Waals surface area contributed by atoms with Crippen LogP contribution in [-0.4, -0.2) is 48.1 Å². The number of nitrogens with two attached hydrogens (primary N) is 1. The smallest absolute Gasteiger partial charge is 0.251 e. The molecule has 3 rings (SSSR count). The van der Waals surface area contributed by atoms with Gasteiger partial charge in [0.05, 0.1) is 0 Å². The number of likely N-dealkylation sites (N-methyl/N-ethyl adjacent to an activating group) is 1. The van der Waals surface area contributed by atoms with E-state index in [1.54, 1.807) is 30.5 Å². The monoisotopic (exact) mass is 376 g/mol. The number of amides is 1. The fourth-order valence-electron chi connectivity index (χ4n) is 2.87. The van der Waals surface area contributed by atoms with E-state index in [-0.39, 0.29) is 11.7 Å². The van der Waals surface area contributed by atoms with Crippen LogP contribution < -0.4 is 11.1 Å². The molecule has 0 saturated carbocycles. The number of carbonyl (C=O) groups is 1. The minimum atomic E-state index is -0.111. The minimum Gasteiger partial charge on any atom is -0.508 e. The number of nitrogens with zero attached hydrogens (tertiary/aromatic N) is 2. The Balaban J connectivity index is 1.88. The van der Waals surface area contributed by atoms with E-state index >= 15 is 0 Å². The third-order valence-corrected chi connectivity index (χ3v) is 4.38. The molecule has 1 heterocycles. The molecule has 3 aromatic rings. The topological polar surface area (TPSA) is 91.5 Å². The Morgan fingerprint density at radius 3 is 2.57 bits per heavy atom. The molecule has 0 atom stereocenters. The summed E-state index contributed by atoms with van der Waals surface area (Å²) in [5, 5.41) is 12.7. The highest BCUT2D eigenvalue weighted by Crippen LogP contribution is 2.31. The Labute approximate surface area is 164 Å². The zero-order valence-corrected chi connectivity index (χ0v) is 16.0. The number of pyridine rings is 1. The van der Waals surface area contributed by atoms with Crippen LogP contribution in [0.3, 0.4) is 0 Å². The highest BCUT2D eigenvalue weighted by Gasteiger charge is 2.10. The lowest BCUT2D eigenvalue weighted by atomic mass is 9.99. The van der Waals surface area contributed by atoms with E-state index in [1.807, 2.05) is 49.3 Å². The van der Waals surface area contributed by atoms with Gasteiger partial charge in [0.15, 0.2) is 0 Å². The van der Waals surface area contributed by atoms with Gasteiger partial charge in [-0.15, -0.1) is 0 Å². The minimum absolute atomic E-state index is 0.111. The highest BCUT2D eigenvalue weighted by atomic mass is 16.3. The van der Waals surface area contributed by atoms with E-state index in [4.69, 9.17) is 5.73 Å². The molecular weight excluding hydrogens is 352 g/mol. The summed E-state index contributed by atoms with van der Waals surface area (Å²) in [6.45, 7) is 1.36. The van der Waals surface area contributed by atoms with Crippen molar-refractivity contribution >= 4 is 11.7 Å². The number of hydrogen-bond donors (Lipinski definition) is 3. The van der Waals surface area contributed by atoms with Gasteiger partial charge in [-0.3, -0.25) is 4.79 Å². The highest BCUT2D eigenvalue weighted by molar-refractivity contribution is 5.95. The van der Waals surface area contributed by atoms with Gasteiger partial charge in [0.2, 0.25) is 0 Å². The van der Waals surface area contributed by atoms with Crippen molar-refractivity contribution in [1.82, 2.24) is 15.2 Å². The molecule has 0 aliphatic heterocycles. The molecule has 0 radical (unpaired) electrons. The fraction of sp³-hybridized carbons (Fsp3) is 0.182. The van der Waals surface area contributed by atoms with Crippen LogP contribution in [0.15, 0.2) is 60.8 Å². The van der Waals surface area contributed by atoms with Crippen LogP contribution in [0.5, 0.6) is 5.75 Å². The fourth-order valence-corrected chi connectivity index (χ4v) is 2.87. The Bertz CT molecular complexity index is 986. The number of nitrogen functional groups attached to an aromatic ring is 1. The van der Waals surface area contributed by atoms with Crippen molar-refractivity contribution in [2.75, 3.05) is 32.9 Å². The number of benzene rings is 2. The molecule has 0 spiro atoms. The van der Waals surface area contributed by atoms with Crippen LogP contribution in [0, 0.1) is 0 Å². The molecule has 1 aromatic heterocycles. The zero-order chi connectivity index (χ0) is 20.1. The first-order valence-corrected chi connectivity index (χ1v) is 9.02. The number of phenols is 1. The number of anilines is 1. The van der Waals surface area contributed by atoms with E-state index in [1.165, 1.54) is 0 Å². The van der Waals surface area contributed by atoms with E-state index in [0.717, 1.165) is 28.8 Å². The summed E-state index contributed by atoms with van der Waals surface area (Å²) in [4.78, 5) is 18.7. The maximum atomic E-state index is 12.4. The van der Waals surface area contributed by atoms with Gasteiger partial charge in [-0.1, -0.05) is 24.3 Å². The number of hydrogen-bond acceptors (Lipinski definition) is 5. The Morgan fingerprint density at radius 2 is 1.82 bits per heavy atom. The van der Waals surface area contributed by atoms with Crippen LogP contribution in [0.4, 0.5) is 5.82 Å². The second kappa shape index (κ2) is 8.54. The number of carbonyl (C=O) groups excluding carboxylic acids is 1. The predicted octanol–water partition coefficient (Wildman–Crippen LogP) is 2.99. The molecule has 4 N–H and O–H groups in total. The summed E-state index contributed by atoms with van der Waals surface area (Å²) in [6, 6.07) is 16.2. The first kappa shape index (κ1) is 19.4. The maximum absolute atomic E-state index is 12.4. The normalized spacial score (nSPS) is 10.8. The number of rotatable bonds is 6. The third-order valence-electron chi connectivity index (χ3n) is 4.38. The van der Waals surface area contributed by atoms with Crippen molar-refractivity contribution < 1.29 is 9.90 Å². The van der Waals surface area contributed by atoms with Gasteiger partial charge in [0.1, 0.15) is 11.6 Å². The summed E-state index contributed by atoms with van der Waals surface area (Å²) in [7, 11) is 3.93. The van der Waals surface area contributed by atoms with E-state index in [9.17, 15) is 9.90 Å². The molecule has 0 aliphatic carbocycles. The van der Waals surface area contributed by atoms with Crippen molar-refractivity contribution in [1.29, 1.82) is 0 Å². The number of aromatic nitrogens is 1. The standard InChI is InChI=1S/C22H24N4O2/c1-26(2)10-9-24-22(28)17-7-3-5-15(11-17)18-13-20(21(23)25-14-18)16-6-4-8-19(27)12-16/h3-8,11-14,27H,9-10H2,1-2H3,(H2,23,25)(H,24,28). The molecule has 0 aliphatic rings. The second-order valence-corrected chi connectivity index (χ2v) is 6.85. The average Bonchev–Trinajstić information content (AvgIpc) is 2.68. The van der Waals surface area contributed by atoms with Crippen LogP contribution >= 0.6 is 0 Å². The molecule has 0 fully saturated rings. The van der Waals surface area contributed by atoms with Gasteiger partial charge in [-0.05, 0) is 55.6 Å². The zero-order valence-electron chi connectivity index (χ0n) is 16.0. The van der Waals surface area contributed by atoms with Crippen molar-refractivity contribution in [3.8, 4) is 28.0 Å². The van der Waals surface area contributed by atoms with Gasteiger partial charge in [-0.2, -0.15) is 0 Å². The maximum Gasteiger partial charge on any atom is 0.251 e. The first-order chi connectivity index (χ1) is 13.4. The molecule has 6 nitrogen and oxygen atoms in total. The van der Waals surface area contributed by atoms with Gasteiger partial charge in [0.25, 0.3) is 5.91 Å². The average molecular weight is 376 g/mol. The second-order valence-electron chi connectivity index (χ2n) is 6.85. The molecule has 6 heteroatoms. The number of aromatic hydroxyl groups is 1. The molecule has 0 saturated heterocycles. The Hall–Kier alpha value is -3.38. The first-order valence-electron chi connectivity index (χ1n) is 9.02. The van der Waals surface area contributed by atoms with Crippen molar-refractivity contribution in [3.05, 3.63) is 66.4 Å². The molecule has 144 valence electrons. The summed E-state index contributed by atoms with van der Waals surface area (Å²) in [5.41, 5.74) is 9.86. The number of nitrogens with one attached hydrogen (secondary N) is 1. The van der Waals surface area contributed by atoms with Crippen molar-refractivity contribution in [2.45, 2.75) is 0 Å². The van der Waals surface area contributed by atoms with Crippen LogP contribution in [-0.2, 0) is 0 Å². The third kappa shape index (κ3) is 4.66. The number of phenolic OH excluding ortho intramolecular Hbond substituents is 1. The molecule has 2 aromatic carbocycles. The molecule has 28 heavy (non-hydrogen) atoms. The molecule has 0 unspecified atom stereocenters. The lowest BCUT2D eigenvalue weighted by Crippen LogP contribution is -2.31. The van der Waals surface area contributed by atoms with Gasteiger partial charge in [-0.25, -0.2) is 4.98 Å². The van der Waals surface area contributed by atoms with Crippen molar-refractivity contribution in [3.63, 3.8) is 0 Å². The van der Waals surface area contributed by atoms with Crippen LogP contribution in [0.25, 0.3) is 22.3 Å². The predicted molar refractivity (Wildman–Crippen MR) is 112 cm³/mol. The molecule has 0 bridgehead atoms. The lowest BCUT2D eigenvalue weighted by molar-refractivity contribution is 0.0951. The largest absolute Gasteiger partial charge is 0.508 e. The molecule has 1 amide bonds. The SMILES string of the molecule is CN(C)CCNC(=O)c1cccc(-c2cnc(N)c(-c3cccc(O)c3)c2)c1. The lowest BCUT2D eigenvalue weighted by Gasteiger charge is -2.12. The van der Waals surface area contributed by atoms with Crippen LogP contribution in [0.1, 0.15) is 10.4 Å². The summed E-state index contributed by atoms with van der Waals surface area (Å²) < 4.78 is 0. The van der Waals surface area contributed by atoms with Crippen LogP contribution in [0.2, 0.25) is 0 Å². The van der Waals surface area contributed by atoms with Gasteiger partial charge >= 0.3 is 0 Å². The Kier molecular flexibility index (Phi) is 5.91. The quantitative estimate of drug-likeness (QED) is 0.615. The summed E-state index contributed by atoms with van der Waals surface area (Å²) in [6.07, 6.45) is 1.69. The molecular formula is C22H24N4O2. The van der Waals surface area contributed by atoms with Gasteiger partial charge in [0, 0.05) is 36.0 Å². The van der Waals surface area contributed by atoms with E-state index in [2.05, 4.69) is 10.3 Å². The summed E-state index contributed by atoms with van der Waals surface area (Å²) in [5.74, 6) is 0.436. The van der Waals surface area contributed by atoms with Gasteiger partial charge < -0.3 is 21.1 Å². The van der Waals surface area contributed by atoms with E-state index < -0.39 is 0 Å². The van der Waals surface area contributed by atoms with Crippen molar-refractivity contribution in [2.24, 2.45) is 0 Å².